The molecular formula is C66H89Cl3N8O10. The number of carbonyl (C=O) groups excluding carboxylic acids is 7. The molecule has 2 fully saturated rings. The van der Waals surface area contributed by atoms with E-state index < -0.39 is 58.7 Å². The van der Waals surface area contributed by atoms with Crippen LogP contribution >= 0.6 is 34.8 Å². The molecule has 3 aliphatic rings. The number of benzene rings is 2. The van der Waals surface area contributed by atoms with E-state index in [9.17, 15) is 33.6 Å². The summed E-state index contributed by atoms with van der Waals surface area (Å²) in [6.45, 7) is 25.4. The van der Waals surface area contributed by atoms with Gasteiger partial charge in [0.05, 0.1) is 22.4 Å². The molecule has 21 heteroatoms. The molecule has 4 aromatic rings. The predicted molar refractivity (Wildman–Crippen MR) is 341 cm³/mol. The molecule has 4 N–H and O–H groups in total. The number of nitrogens with one attached hydrogen (secondary N) is 4. The lowest BCUT2D eigenvalue weighted by Crippen LogP contribution is -2.59. The Morgan fingerprint density at radius 1 is 0.862 bits per heavy atom. The van der Waals surface area contributed by atoms with E-state index in [2.05, 4.69) is 79.6 Å². The molecular weight excluding hydrogens is 1170 g/mol. The molecule has 4 amide bonds. The minimum atomic E-state index is -1.73. The molecule has 0 radical (unpaired) electrons. The van der Waals surface area contributed by atoms with Crippen LogP contribution < -0.4 is 21.5 Å². The third-order valence-electron chi connectivity index (χ3n) is 16.2. The van der Waals surface area contributed by atoms with Crippen LogP contribution in [0.4, 0.5) is 0 Å². The molecule has 8 atom stereocenters. The Morgan fingerprint density at radius 2 is 1.53 bits per heavy atom. The van der Waals surface area contributed by atoms with E-state index in [0.717, 1.165) is 45.8 Å². The molecule has 2 aromatic carbocycles. The number of aromatic nitrogens is 2. The van der Waals surface area contributed by atoms with E-state index in [4.69, 9.17) is 59.0 Å². The normalized spacial score (nSPS) is 22.2. The average molecular weight is 1260 g/mol. The SMILES string of the molecule is CC(=O)O[C@H](C)c1ccc2ccc(/C=C/C(C)(C)CC[C@H](C(=O)N[C@@H](C)C(=O)N3CCC[C@@H](C(=O)OCC(Cl)(Cl)Cl)N3)C(C)C)cc2n1.CC(C)[C@@H]1CCC(C)(C)/C=C/c2ccc3ccc(nc3c2)[C@@H](C)OC(=O)[C@@H]2CCCN(N2)C(=O)[C@H](C)NC1=O. The zero-order valence-corrected chi connectivity index (χ0v) is 54.9. The van der Waals surface area contributed by atoms with E-state index >= 15 is 0 Å². The summed E-state index contributed by atoms with van der Waals surface area (Å²) < 4.78 is 14.4. The monoisotopic (exact) mass is 1260 g/mol. The fourth-order valence-corrected chi connectivity index (χ4v) is 10.9. The zero-order chi connectivity index (χ0) is 64.1. The fraction of sp³-hybridized carbons (Fsp3) is 0.561. The number of alkyl halides is 3. The third kappa shape index (κ3) is 21.0. The number of fused-ring (bicyclic) bond motifs is 5. The number of ether oxygens (including phenoxy) is 3. The van der Waals surface area contributed by atoms with Crippen molar-refractivity contribution in [3.8, 4) is 0 Å². The number of amides is 4. The molecule has 18 nitrogen and oxygen atoms in total. The van der Waals surface area contributed by atoms with Crippen molar-refractivity contribution in [3.05, 3.63) is 95.3 Å². The highest BCUT2D eigenvalue weighted by atomic mass is 35.6. The number of hydrogen-bond donors (Lipinski definition) is 4. The minimum absolute atomic E-state index is 0.0485. The van der Waals surface area contributed by atoms with Crippen LogP contribution in [0.3, 0.4) is 0 Å². The smallest absolute Gasteiger partial charge is 0.325 e. The second-order valence-corrected chi connectivity index (χ2v) is 28.0. The molecule has 3 aliphatic heterocycles. The zero-order valence-electron chi connectivity index (χ0n) is 52.6. The van der Waals surface area contributed by atoms with E-state index in [1.54, 1.807) is 20.8 Å². The molecule has 2 aromatic heterocycles. The van der Waals surface area contributed by atoms with Crippen LogP contribution in [0.2, 0.25) is 0 Å². The van der Waals surface area contributed by atoms with Gasteiger partial charge in [-0.25, -0.2) is 20.8 Å². The highest BCUT2D eigenvalue weighted by molar-refractivity contribution is 6.67. The summed E-state index contributed by atoms with van der Waals surface area (Å²) in [6, 6.07) is 17.0. The van der Waals surface area contributed by atoms with Crippen LogP contribution in [0, 0.1) is 34.5 Å². The number of hydrogen-bond acceptors (Lipinski definition) is 14. The van der Waals surface area contributed by atoms with Gasteiger partial charge in [-0.1, -0.05) is 151 Å². The maximum Gasteiger partial charge on any atom is 0.325 e. The quantitative estimate of drug-likeness (QED) is 0.0523. The number of nitrogens with zero attached hydrogens (tertiary/aromatic N) is 4. The molecule has 474 valence electrons. The lowest BCUT2D eigenvalue weighted by atomic mass is 9.80. The Labute approximate surface area is 527 Å². The van der Waals surface area contributed by atoms with Gasteiger partial charge in [0.1, 0.15) is 43.0 Å². The summed E-state index contributed by atoms with van der Waals surface area (Å²) in [5.41, 5.74) is 10.6. The lowest BCUT2D eigenvalue weighted by Gasteiger charge is -2.35. The summed E-state index contributed by atoms with van der Waals surface area (Å²) >= 11 is 17.0. The van der Waals surface area contributed by atoms with Crippen LogP contribution in [0.25, 0.3) is 34.0 Å². The minimum Gasteiger partial charge on any atom is -0.460 e. The van der Waals surface area contributed by atoms with E-state index in [-0.39, 0.29) is 64.1 Å². The molecule has 7 rings (SSSR count). The molecule has 0 unspecified atom stereocenters. The average Bonchev–Trinajstić information content (AvgIpc) is 1.90. The van der Waals surface area contributed by atoms with Crippen molar-refractivity contribution in [1.82, 2.24) is 41.5 Å². The maximum absolute atomic E-state index is 13.4. The highest BCUT2D eigenvalue weighted by Gasteiger charge is 2.37. The van der Waals surface area contributed by atoms with Gasteiger partial charge >= 0.3 is 17.9 Å². The predicted octanol–water partition coefficient (Wildman–Crippen LogP) is 11.8. The second kappa shape index (κ2) is 30.8. The topological polar surface area (TPSA) is 228 Å². The van der Waals surface area contributed by atoms with Crippen molar-refractivity contribution >= 4 is 110 Å². The van der Waals surface area contributed by atoms with Gasteiger partial charge < -0.3 is 24.8 Å². The van der Waals surface area contributed by atoms with Crippen molar-refractivity contribution in [1.29, 1.82) is 0 Å². The molecule has 0 aliphatic carbocycles. The van der Waals surface area contributed by atoms with Crippen LogP contribution in [0.1, 0.15) is 176 Å². The van der Waals surface area contributed by atoms with Crippen LogP contribution in [0.5, 0.6) is 0 Å². The van der Waals surface area contributed by atoms with Gasteiger partial charge in [0, 0.05) is 42.6 Å². The third-order valence-corrected chi connectivity index (χ3v) is 16.5. The highest BCUT2D eigenvalue weighted by Crippen LogP contribution is 2.33. The van der Waals surface area contributed by atoms with Gasteiger partial charge in [0.25, 0.3) is 11.8 Å². The van der Waals surface area contributed by atoms with E-state index in [1.165, 1.54) is 16.9 Å². The molecule has 5 bridgehead atoms. The van der Waals surface area contributed by atoms with Crippen LogP contribution in [-0.4, -0.2) is 109 Å². The molecule has 87 heavy (non-hydrogen) atoms. The van der Waals surface area contributed by atoms with Crippen molar-refractivity contribution in [2.45, 2.75) is 182 Å². The van der Waals surface area contributed by atoms with Crippen molar-refractivity contribution in [2.24, 2.45) is 34.5 Å². The molecule has 0 spiro atoms. The van der Waals surface area contributed by atoms with Crippen molar-refractivity contribution < 1.29 is 47.8 Å². The van der Waals surface area contributed by atoms with Gasteiger partial charge in [-0.3, -0.25) is 43.6 Å². The molecule has 2 saturated heterocycles. The Morgan fingerprint density at radius 3 is 2.21 bits per heavy atom. The number of halogens is 3. The largest absolute Gasteiger partial charge is 0.460 e. The van der Waals surface area contributed by atoms with E-state index in [0.29, 0.717) is 63.0 Å². The first-order valence-corrected chi connectivity index (χ1v) is 31.5. The summed E-state index contributed by atoms with van der Waals surface area (Å²) in [4.78, 5) is 99.5. The van der Waals surface area contributed by atoms with Gasteiger partial charge in [-0.15, -0.1) is 0 Å². The summed E-state index contributed by atoms with van der Waals surface area (Å²) in [5.74, 6) is -2.69. The first-order valence-electron chi connectivity index (χ1n) is 30.4. The van der Waals surface area contributed by atoms with Crippen molar-refractivity contribution in [3.63, 3.8) is 0 Å². The Kier molecular flexibility index (Phi) is 24.8. The number of carbonyl (C=O) groups is 7. The van der Waals surface area contributed by atoms with Crippen molar-refractivity contribution in [2.75, 3.05) is 19.7 Å². The van der Waals surface area contributed by atoms with E-state index in [1.807, 2.05) is 89.2 Å². The van der Waals surface area contributed by atoms with Crippen LogP contribution in [-0.2, 0) is 47.8 Å². The number of pyridine rings is 2. The molecule has 5 heterocycles. The second-order valence-electron chi connectivity index (χ2n) is 25.4. The Balaban J connectivity index is 0.000000283. The number of cyclic esters (lactones) is 1. The standard InChI is InChI=1S/C35H47Cl3N4O6.C31H42N4O4/c1-21(2)27(31(44)39-22(3)32(45)42-18-8-9-29(41-42)33(46)47-20-35(36,37)38)15-17-34(6,7)16-14-25-10-11-26-12-13-28(40-30(26)19-25)23(4)48-24(5)43;1-19(2)24-14-16-31(5,6)15-13-22-9-10-23-11-12-25(33-27(23)18-22)21(4)39-30(38)26-8-7-17-35(34-26)29(37)20(3)32-28(24)36/h10-14,16,19,21-23,27,29,41H,8-9,15,17-18,20H2,1-7H3,(H,39,44);9-13,15,18-21,24,26,34H,7-8,14,16-17H2,1-6H3,(H,32,36)/b16-14+;15-13+/t22-,23+,27-,29-;20-,21+,24-,26-/m00/s1. The first kappa shape index (κ1) is 69.9. The summed E-state index contributed by atoms with van der Waals surface area (Å²) in [7, 11) is 0. The van der Waals surface area contributed by atoms with Crippen LogP contribution in [0.15, 0.2) is 72.8 Å². The fourth-order valence-electron chi connectivity index (χ4n) is 10.7. The summed E-state index contributed by atoms with van der Waals surface area (Å²) in [5, 5.41) is 10.6. The molecule has 0 saturated carbocycles. The Bertz CT molecular complexity index is 3160. The number of rotatable bonds is 14. The number of esters is 3. The number of hydrazine groups is 2. The van der Waals surface area contributed by atoms with Gasteiger partial charge in [-0.2, -0.15) is 0 Å². The van der Waals surface area contributed by atoms with Gasteiger partial charge in [-0.05, 0) is 137 Å². The summed E-state index contributed by atoms with van der Waals surface area (Å²) in [6.07, 6.45) is 12.6. The van der Waals surface area contributed by atoms with Gasteiger partial charge in [0.15, 0.2) is 0 Å². The number of allylic oxidation sites excluding steroid dienone is 2. The lowest BCUT2D eigenvalue weighted by molar-refractivity contribution is -0.157. The first-order chi connectivity index (χ1) is 40.8. The van der Waals surface area contributed by atoms with Gasteiger partial charge in [0.2, 0.25) is 15.6 Å². The Hall–Kier alpha value is -6.18. The maximum atomic E-state index is 13.4.